The van der Waals surface area contributed by atoms with Crippen LogP contribution in [0.3, 0.4) is 0 Å². The van der Waals surface area contributed by atoms with Crippen LogP contribution in [-0.4, -0.2) is 11.6 Å². The summed E-state index contributed by atoms with van der Waals surface area (Å²) in [6.07, 6.45) is 1.37. The molecule has 0 aromatic heterocycles. The molecule has 0 radical (unpaired) electrons. The van der Waals surface area contributed by atoms with Crippen LogP contribution in [0.4, 0.5) is 0 Å². The molecule has 2 aromatic rings. The average molecular weight is 269 g/mol. The third-order valence-corrected chi connectivity index (χ3v) is 3.45. The summed E-state index contributed by atoms with van der Waals surface area (Å²) in [6.45, 7) is 0. The Morgan fingerprint density at radius 3 is 2.00 bits per heavy atom. The highest BCUT2D eigenvalue weighted by atomic mass is 35.5. The van der Waals surface area contributed by atoms with Crippen LogP contribution < -0.4 is 0 Å². The molecule has 0 bridgehead atoms. The Morgan fingerprint density at radius 1 is 0.737 bits per heavy atom. The van der Waals surface area contributed by atoms with Crippen LogP contribution in [0.25, 0.3) is 5.57 Å². The van der Waals surface area contributed by atoms with Crippen molar-refractivity contribution in [2.75, 3.05) is 0 Å². The van der Waals surface area contributed by atoms with Crippen LogP contribution in [0.2, 0.25) is 5.02 Å². The van der Waals surface area contributed by atoms with Gasteiger partial charge in [0.15, 0.2) is 0 Å². The second kappa shape index (κ2) is 4.48. The van der Waals surface area contributed by atoms with E-state index in [9.17, 15) is 9.59 Å². The fraction of sp³-hybridized carbons (Fsp3) is 0. The zero-order valence-electron chi connectivity index (χ0n) is 9.89. The molecular weight excluding hydrogens is 260 g/mol. The zero-order chi connectivity index (χ0) is 13.4. The lowest BCUT2D eigenvalue weighted by atomic mass is 9.86. The number of carbonyl (C=O) groups excluding carboxylic acids is 2. The monoisotopic (exact) mass is 268 g/mol. The van der Waals surface area contributed by atoms with Crippen LogP contribution >= 0.6 is 11.6 Å². The minimum atomic E-state index is -0.506. The Hall–Kier alpha value is -2.19. The van der Waals surface area contributed by atoms with E-state index in [1.807, 2.05) is 30.3 Å². The molecule has 1 aliphatic rings. The van der Waals surface area contributed by atoms with E-state index in [4.69, 9.17) is 11.6 Å². The summed E-state index contributed by atoms with van der Waals surface area (Å²) in [4.78, 5) is 23.6. The van der Waals surface area contributed by atoms with Crippen LogP contribution in [0, 0.1) is 0 Å². The second-order valence-corrected chi connectivity index (χ2v) is 4.68. The summed E-state index contributed by atoms with van der Waals surface area (Å²) < 4.78 is 0. The van der Waals surface area contributed by atoms with Crippen LogP contribution in [-0.2, 0) is 4.79 Å². The number of benzene rings is 2. The van der Waals surface area contributed by atoms with Gasteiger partial charge in [0.2, 0.25) is 11.6 Å². The van der Waals surface area contributed by atoms with Crippen molar-refractivity contribution in [1.29, 1.82) is 0 Å². The smallest absolute Gasteiger partial charge is 0.233 e. The quantitative estimate of drug-likeness (QED) is 0.742. The van der Waals surface area contributed by atoms with E-state index in [-0.39, 0.29) is 0 Å². The average Bonchev–Trinajstić information content (AvgIpc) is 2.44. The predicted octanol–water partition coefficient (Wildman–Crippen LogP) is 3.54. The summed E-state index contributed by atoms with van der Waals surface area (Å²) in [5, 5.41) is 0.561. The summed E-state index contributed by atoms with van der Waals surface area (Å²) in [5.41, 5.74) is 2.65. The number of halogens is 1. The van der Waals surface area contributed by atoms with Crippen molar-refractivity contribution < 1.29 is 9.59 Å². The number of hydrogen-bond acceptors (Lipinski definition) is 2. The molecule has 0 saturated heterocycles. The van der Waals surface area contributed by atoms with Gasteiger partial charge in [0.05, 0.1) is 0 Å². The Kier molecular flexibility index (Phi) is 2.80. The lowest BCUT2D eigenvalue weighted by Crippen LogP contribution is -2.18. The highest BCUT2D eigenvalue weighted by Gasteiger charge is 2.26. The molecule has 3 heteroatoms. The summed E-state index contributed by atoms with van der Waals surface area (Å²) >= 11 is 6.17. The molecule has 3 rings (SSSR count). The van der Waals surface area contributed by atoms with Crippen molar-refractivity contribution in [2.45, 2.75) is 0 Å². The molecule has 0 aliphatic heterocycles. The van der Waals surface area contributed by atoms with Gasteiger partial charge in [0, 0.05) is 16.1 Å². The van der Waals surface area contributed by atoms with E-state index in [1.165, 1.54) is 6.08 Å². The largest absolute Gasteiger partial charge is 0.286 e. The number of Topliss-reactive ketones (excluding diaryl/α,β-unsaturated/α-hetero) is 1. The molecule has 0 heterocycles. The first-order chi connectivity index (χ1) is 9.18. The van der Waals surface area contributed by atoms with E-state index in [1.54, 1.807) is 18.2 Å². The zero-order valence-corrected chi connectivity index (χ0v) is 10.6. The standard InChI is InChI=1S/C16H9ClO2/c17-14-8-4-3-6-11(14)13-9-15(18)16(19)12-7-2-1-5-10(12)13/h1-9H. The Bertz CT molecular complexity index is 729. The number of rotatable bonds is 1. The van der Waals surface area contributed by atoms with E-state index >= 15 is 0 Å². The molecule has 2 aromatic carbocycles. The molecule has 0 atom stereocenters. The fourth-order valence-corrected chi connectivity index (χ4v) is 2.46. The molecule has 0 spiro atoms. The van der Waals surface area contributed by atoms with E-state index in [0.29, 0.717) is 16.2 Å². The molecule has 2 nitrogen and oxygen atoms in total. The fourth-order valence-electron chi connectivity index (χ4n) is 2.23. The van der Waals surface area contributed by atoms with Gasteiger partial charge in [0.25, 0.3) is 0 Å². The van der Waals surface area contributed by atoms with Crippen molar-refractivity contribution in [1.82, 2.24) is 0 Å². The maximum Gasteiger partial charge on any atom is 0.233 e. The first kappa shape index (κ1) is 11.9. The number of ketones is 2. The molecule has 1 aliphatic carbocycles. The van der Waals surface area contributed by atoms with Gasteiger partial charge in [-0.3, -0.25) is 9.59 Å². The topological polar surface area (TPSA) is 34.1 Å². The molecule has 0 fully saturated rings. The third-order valence-electron chi connectivity index (χ3n) is 3.13. The molecule has 0 saturated carbocycles. The normalized spacial score (nSPS) is 14.1. The minimum Gasteiger partial charge on any atom is -0.286 e. The minimum absolute atomic E-state index is 0.435. The highest BCUT2D eigenvalue weighted by Crippen LogP contribution is 2.33. The molecule has 19 heavy (non-hydrogen) atoms. The van der Waals surface area contributed by atoms with E-state index in [2.05, 4.69) is 0 Å². The lowest BCUT2D eigenvalue weighted by Gasteiger charge is -2.17. The Labute approximate surface area is 115 Å². The van der Waals surface area contributed by atoms with Gasteiger partial charge in [-0.05, 0) is 23.3 Å². The van der Waals surface area contributed by atoms with Gasteiger partial charge in [0.1, 0.15) is 0 Å². The number of allylic oxidation sites excluding steroid dienone is 1. The van der Waals surface area contributed by atoms with Gasteiger partial charge in [-0.25, -0.2) is 0 Å². The molecule has 0 unspecified atom stereocenters. The van der Waals surface area contributed by atoms with Crippen molar-refractivity contribution in [3.05, 3.63) is 76.3 Å². The van der Waals surface area contributed by atoms with Crippen LogP contribution in [0.5, 0.6) is 0 Å². The van der Waals surface area contributed by atoms with E-state index < -0.39 is 11.6 Å². The van der Waals surface area contributed by atoms with E-state index in [0.717, 1.165) is 11.1 Å². The number of hydrogen-bond donors (Lipinski definition) is 0. The maximum absolute atomic E-state index is 11.9. The van der Waals surface area contributed by atoms with Crippen LogP contribution in [0.1, 0.15) is 21.5 Å². The van der Waals surface area contributed by atoms with Crippen LogP contribution in [0.15, 0.2) is 54.6 Å². The Balaban J connectivity index is 2.28. The van der Waals surface area contributed by atoms with Gasteiger partial charge >= 0.3 is 0 Å². The first-order valence-electron chi connectivity index (χ1n) is 5.83. The van der Waals surface area contributed by atoms with Crippen molar-refractivity contribution in [2.24, 2.45) is 0 Å². The second-order valence-electron chi connectivity index (χ2n) is 4.28. The summed E-state index contributed by atoms with van der Waals surface area (Å²) in [7, 11) is 0. The van der Waals surface area contributed by atoms with Crippen molar-refractivity contribution >= 4 is 28.7 Å². The third kappa shape index (κ3) is 1.90. The molecule has 0 N–H and O–H groups in total. The summed E-state index contributed by atoms with van der Waals surface area (Å²) in [5.74, 6) is -0.972. The van der Waals surface area contributed by atoms with Crippen molar-refractivity contribution in [3.63, 3.8) is 0 Å². The van der Waals surface area contributed by atoms with Gasteiger partial charge in [-0.2, -0.15) is 0 Å². The Morgan fingerprint density at radius 2 is 1.32 bits per heavy atom. The SMILES string of the molecule is O=C1C=C(c2ccccc2Cl)c2ccccc2C1=O. The molecule has 0 amide bonds. The predicted molar refractivity (Wildman–Crippen MR) is 74.3 cm³/mol. The van der Waals surface area contributed by atoms with Gasteiger partial charge in [-0.1, -0.05) is 54.1 Å². The molecular formula is C16H9ClO2. The van der Waals surface area contributed by atoms with Gasteiger partial charge < -0.3 is 0 Å². The molecule has 92 valence electrons. The first-order valence-corrected chi connectivity index (χ1v) is 6.21. The lowest BCUT2D eigenvalue weighted by molar-refractivity contribution is -0.111. The highest BCUT2D eigenvalue weighted by molar-refractivity contribution is 6.51. The maximum atomic E-state index is 11.9. The number of fused-ring (bicyclic) bond motifs is 1. The van der Waals surface area contributed by atoms with Crippen molar-refractivity contribution in [3.8, 4) is 0 Å². The summed E-state index contributed by atoms with van der Waals surface area (Å²) in [6, 6.07) is 14.4. The van der Waals surface area contributed by atoms with Gasteiger partial charge in [-0.15, -0.1) is 0 Å². The number of carbonyl (C=O) groups is 2.